The van der Waals surface area contributed by atoms with Crippen LogP contribution in [0.1, 0.15) is 43.0 Å². The first-order valence-corrected chi connectivity index (χ1v) is 19.5. The van der Waals surface area contributed by atoms with Crippen LogP contribution in [0.5, 0.6) is 0 Å². The summed E-state index contributed by atoms with van der Waals surface area (Å²) in [4.78, 5) is 0.659. The molecule has 0 aliphatic carbocycles. The standard InChI is InChI=1S/C40H36BrF2N3O4S2/c1-5-40(3,4)25-50-20-17-37(27-7-6-8-28(41)21-27)45-18-16-36(44-45)32-22-29(11-14-34(32)42)51-39-33(24-47)31-15-19-46(38(31)23-35(39)43)52(48,49)30-12-9-26(2)10-13-30/h1,6-16,18-19,21-23,37,47H,17,20,24-25H2,2-4H3. The number of terminal acetylenes is 1. The first kappa shape index (κ1) is 37.5. The van der Waals surface area contributed by atoms with Crippen LogP contribution in [-0.4, -0.2) is 40.5 Å². The Kier molecular flexibility index (Phi) is 11.1. The monoisotopic (exact) mass is 803 g/mol. The minimum absolute atomic E-state index is 0.0571. The van der Waals surface area contributed by atoms with E-state index in [9.17, 15) is 13.5 Å². The second-order valence-electron chi connectivity index (χ2n) is 13.1. The van der Waals surface area contributed by atoms with E-state index in [1.165, 1.54) is 30.5 Å². The quantitative estimate of drug-likeness (QED) is 0.0926. The molecule has 1 atom stereocenters. The zero-order valence-corrected chi connectivity index (χ0v) is 31.9. The summed E-state index contributed by atoms with van der Waals surface area (Å²) in [5.74, 6) is 1.50. The summed E-state index contributed by atoms with van der Waals surface area (Å²) in [5, 5.41) is 15.6. The highest BCUT2D eigenvalue weighted by Gasteiger charge is 2.24. The number of aryl methyl sites for hydroxylation is 1. The molecule has 1 N–H and O–H groups in total. The molecule has 2 heterocycles. The van der Waals surface area contributed by atoms with E-state index in [1.54, 1.807) is 41.2 Å². The van der Waals surface area contributed by atoms with Gasteiger partial charge in [0, 0.05) is 56.4 Å². The SMILES string of the molecule is C#CC(C)(C)COCCC(c1cccc(Br)c1)n1ccc(-c2cc(Sc3c(F)cc4c(ccn4S(=O)(=O)c4ccc(C)cc4)c3CO)ccc2F)n1. The average Bonchev–Trinajstić information content (AvgIpc) is 3.78. The van der Waals surface area contributed by atoms with Gasteiger partial charge in [0.05, 0.1) is 40.3 Å². The fraction of sp³-hybridized carbons (Fsp3) is 0.225. The van der Waals surface area contributed by atoms with Crippen molar-refractivity contribution in [3.63, 3.8) is 0 Å². The zero-order chi connectivity index (χ0) is 37.2. The number of hydrogen-bond donors (Lipinski definition) is 1. The lowest BCUT2D eigenvalue weighted by atomic mass is 9.96. The number of fused-ring (bicyclic) bond motifs is 1. The fourth-order valence-corrected chi connectivity index (χ4v) is 8.60. The Morgan fingerprint density at radius 2 is 1.79 bits per heavy atom. The summed E-state index contributed by atoms with van der Waals surface area (Å²) in [6.07, 6.45) is 9.34. The largest absolute Gasteiger partial charge is 0.392 e. The fourth-order valence-electron chi connectivity index (χ4n) is 5.84. The molecule has 6 rings (SSSR count). The first-order chi connectivity index (χ1) is 24.8. The molecule has 0 saturated carbocycles. The molecule has 0 aliphatic heterocycles. The van der Waals surface area contributed by atoms with E-state index >= 15 is 8.78 Å². The van der Waals surface area contributed by atoms with Crippen molar-refractivity contribution in [2.45, 2.75) is 54.5 Å². The van der Waals surface area contributed by atoms with Crippen LogP contribution in [0.15, 0.2) is 116 Å². The zero-order valence-electron chi connectivity index (χ0n) is 28.7. The van der Waals surface area contributed by atoms with Crippen molar-refractivity contribution in [1.82, 2.24) is 13.8 Å². The van der Waals surface area contributed by atoms with Crippen LogP contribution in [0.3, 0.4) is 0 Å². The molecule has 52 heavy (non-hydrogen) atoms. The highest BCUT2D eigenvalue weighted by molar-refractivity contribution is 9.10. The van der Waals surface area contributed by atoms with Crippen molar-refractivity contribution in [3.8, 4) is 23.6 Å². The van der Waals surface area contributed by atoms with Crippen LogP contribution >= 0.6 is 27.7 Å². The van der Waals surface area contributed by atoms with E-state index in [0.29, 0.717) is 35.6 Å². The molecule has 0 saturated heterocycles. The third kappa shape index (κ3) is 7.89. The van der Waals surface area contributed by atoms with Gasteiger partial charge in [0.15, 0.2) is 0 Å². The Bertz CT molecular complexity index is 2400. The molecule has 12 heteroatoms. The smallest absolute Gasteiger partial charge is 0.268 e. The van der Waals surface area contributed by atoms with Gasteiger partial charge in [-0.25, -0.2) is 21.2 Å². The van der Waals surface area contributed by atoms with Gasteiger partial charge in [0.2, 0.25) is 0 Å². The van der Waals surface area contributed by atoms with E-state index in [4.69, 9.17) is 16.3 Å². The number of aliphatic hydroxyl groups excluding tert-OH is 1. The summed E-state index contributed by atoms with van der Waals surface area (Å²) in [7, 11) is -4.04. The Balaban J connectivity index is 1.30. The van der Waals surface area contributed by atoms with Crippen molar-refractivity contribution < 1.29 is 27.0 Å². The van der Waals surface area contributed by atoms with Gasteiger partial charge in [-0.15, -0.1) is 6.42 Å². The minimum atomic E-state index is -4.04. The van der Waals surface area contributed by atoms with Gasteiger partial charge in [-0.05, 0) is 87.4 Å². The second-order valence-corrected chi connectivity index (χ2v) is 16.9. The summed E-state index contributed by atoms with van der Waals surface area (Å²) in [6, 6.07) is 22.8. The number of aromatic nitrogens is 3. The number of halogens is 3. The highest BCUT2D eigenvalue weighted by atomic mass is 79.9. The summed E-state index contributed by atoms with van der Waals surface area (Å²) < 4.78 is 67.9. The van der Waals surface area contributed by atoms with Gasteiger partial charge in [-0.2, -0.15) is 5.10 Å². The maximum atomic E-state index is 15.9. The highest BCUT2D eigenvalue weighted by Crippen LogP contribution is 2.40. The van der Waals surface area contributed by atoms with Gasteiger partial charge >= 0.3 is 0 Å². The van der Waals surface area contributed by atoms with Gasteiger partial charge < -0.3 is 9.84 Å². The van der Waals surface area contributed by atoms with Crippen LogP contribution in [-0.2, 0) is 21.4 Å². The Hall–Kier alpha value is -4.25. The number of hydrogen-bond acceptors (Lipinski definition) is 6. The molecule has 268 valence electrons. The maximum absolute atomic E-state index is 15.9. The van der Waals surface area contributed by atoms with Crippen molar-refractivity contribution in [1.29, 1.82) is 0 Å². The number of aliphatic hydroxyl groups is 1. The molecule has 7 nitrogen and oxygen atoms in total. The Labute approximate surface area is 314 Å². The number of rotatable bonds is 13. The lowest BCUT2D eigenvalue weighted by molar-refractivity contribution is 0.0798. The van der Waals surface area contributed by atoms with E-state index in [-0.39, 0.29) is 32.5 Å². The summed E-state index contributed by atoms with van der Waals surface area (Å²) in [6.45, 7) is 6.00. The van der Waals surface area contributed by atoms with Gasteiger partial charge in [-0.1, -0.05) is 63.4 Å². The van der Waals surface area contributed by atoms with E-state index in [0.717, 1.165) is 37.4 Å². The number of benzene rings is 4. The molecule has 0 aliphatic rings. The van der Waals surface area contributed by atoms with Gasteiger partial charge in [-0.3, -0.25) is 4.68 Å². The lowest BCUT2D eigenvalue weighted by Crippen LogP contribution is -2.19. The van der Waals surface area contributed by atoms with Crippen molar-refractivity contribution >= 4 is 48.6 Å². The topological polar surface area (TPSA) is 86.3 Å². The first-order valence-electron chi connectivity index (χ1n) is 16.4. The molecule has 6 aromatic rings. The predicted octanol–water partition coefficient (Wildman–Crippen LogP) is 9.39. The molecular weight excluding hydrogens is 768 g/mol. The van der Waals surface area contributed by atoms with Crippen LogP contribution in [0, 0.1) is 36.3 Å². The Morgan fingerprint density at radius 1 is 1.02 bits per heavy atom. The molecule has 4 aromatic carbocycles. The van der Waals surface area contributed by atoms with Crippen molar-refractivity contribution in [2.24, 2.45) is 5.41 Å². The molecular formula is C40H36BrF2N3O4S2. The van der Waals surface area contributed by atoms with E-state index < -0.39 is 33.7 Å². The molecule has 0 radical (unpaired) electrons. The van der Waals surface area contributed by atoms with Crippen LogP contribution in [0.25, 0.3) is 22.2 Å². The lowest BCUT2D eigenvalue weighted by Gasteiger charge is -2.21. The Morgan fingerprint density at radius 3 is 2.50 bits per heavy atom. The van der Waals surface area contributed by atoms with E-state index in [2.05, 4.69) is 21.9 Å². The second kappa shape index (κ2) is 15.4. The van der Waals surface area contributed by atoms with Crippen LogP contribution in [0.4, 0.5) is 8.78 Å². The number of ether oxygens (including phenoxy) is 1. The summed E-state index contributed by atoms with van der Waals surface area (Å²) in [5.41, 5.74) is 2.40. The predicted molar refractivity (Wildman–Crippen MR) is 204 cm³/mol. The molecule has 0 bridgehead atoms. The van der Waals surface area contributed by atoms with Crippen LogP contribution in [0.2, 0.25) is 0 Å². The van der Waals surface area contributed by atoms with Crippen molar-refractivity contribution in [3.05, 3.63) is 130 Å². The molecule has 0 fully saturated rings. The summed E-state index contributed by atoms with van der Waals surface area (Å²) >= 11 is 4.56. The normalized spacial score (nSPS) is 12.7. The third-order valence-electron chi connectivity index (χ3n) is 8.69. The molecule has 2 aromatic heterocycles. The maximum Gasteiger partial charge on any atom is 0.268 e. The minimum Gasteiger partial charge on any atom is -0.392 e. The van der Waals surface area contributed by atoms with Crippen molar-refractivity contribution in [2.75, 3.05) is 13.2 Å². The molecule has 0 amide bonds. The molecule has 1 unspecified atom stereocenters. The average molecular weight is 805 g/mol. The third-order valence-corrected chi connectivity index (χ3v) is 12.0. The number of nitrogens with zero attached hydrogens (tertiary/aromatic N) is 3. The van der Waals surface area contributed by atoms with E-state index in [1.807, 2.05) is 45.0 Å². The van der Waals surface area contributed by atoms with Gasteiger partial charge in [0.25, 0.3) is 10.0 Å². The van der Waals surface area contributed by atoms with Gasteiger partial charge in [0.1, 0.15) is 11.6 Å². The molecule has 0 spiro atoms. The van der Waals surface area contributed by atoms with Crippen LogP contribution < -0.4 is 0 Å².